The second kappa shape index (κ2) is 7.45. The lowest BCUT2D eigenvalue weighted by Gasteiger charge is -2.10. The van der Waals surface area contributed by atoms with Gasteiger partial charge >= 0.3 is 0 Å². The largest absolute Gasteiger partial charge is 0.487 e. The number of hydrogen-bond donors (Lipinski definition) is 1. The summed E-state index contributed by atoms with van der Waals surface area (Å²) in [4.78, 5) is 11.6. The van der Waals surface area contributed by atoms with Crippen LogP contribution in [0.4, 0.5) is 0 Å². The highest BCUT2D eigenvalue weighted by Gasteiger charge is 2.05. The van der Waals surface area contributed by atoms with E-state index < -0.39 is 5.56 Å². The van der Waals surface area contributed by atoms with E-state index in [-0.39, 0.29) is 6.61 Å². The van der Waals surface area contributed by atoms with Gasteiger partial charge in [-0.3, -0.25) is 4.79 Å². The van der Waals surface area contributed by atoms with Crippen LogP contribution in [0.2, 0.25) is 5.02 Å². The van der Waals surface area contributed by atoms with Crippen LogP contribution in [0.3, 0.4) is 0 Å². The molecule has 0 aliphatic carbocycles. The molecule has 0 unspecified atom stereocenters. The second-order valence-corrected chi connectivity index (χ2v) is 6.35. The monoisotopic (exact) mass is 355 g/mol. The first-order valence-corrected chi connectivity index (χ1v) is 8.27. The summed E-state index contributed by atoms with van der Waals surface area (Å²) in [6.07, 6.45) is 0.811. The minimum absolute atomic E-state index is 0.115. The third-order valence-corrected chi connectivity index (χ3v) is 4.11. The van der Waals surface area contributed by atoms with E-state index in [2.05, 4.69) is 0 Å². The molecule has 0 bridgehead atoms. The minimum Gasteiger partial charge on any atom is -0.487 e. The highest BCUT2D eigenvalue weighted by Crippen LogP contribution is 2.18. The van der Waals surface area contributed by atoms with Crippen molar-refractivity contribution in [3.63, 3.8) is 0 Å². The molecule has 25 heavy (non-hydrogen) atoms. The summed E-state index contributed by atoms with van der Waals surface area (Å²) in [6, 6.07) is 18.6. The summed E-state index contributed by atoms with van der Waals surface area (Å²) in [5.74, 6) is 0.675. The van der Waals surface area contributed by atoms with E-state index >= 15 is 0 Å². The van der Waals surface area contributed by atoms with E-state index in [9.17, 15) is 10.0 Å². The number of nitrogens with zero attached hydrogens (tertiary/aromatic N) is 1. The van der Waals surface area contributed by atoms with Crippen LogP contribution in [0.5, 0.6) is 5.75 Å². The van der Waals surface area contributed by atoms with Gasteiger partial charge in [0.05, 0.1) is 5.69 Å². The van der Waals surface area contributed by atoms with Gasteiger partial charge in [-0.1, -0.05) is 35.9 Å². The van der Waals surface area contributed by atoms with Gasteiger partial charge in [-0.05, 0) is 60.4 Å². The van der Waals surface area contributed by atoms with Crippen molar-refractivity contribution in [2.45, 2.75) is 20.0 Å². The Kier molecular flexibility index (Phi) is 5.10. The molecule has 0 aliphatic rings. The van der Waals surface area contributed by atoms with E-state index in [0.717, 1.165) is 22.6 Å². The molecule has 0 saturated carbocycles. The normalized spacial score (nSPS) is 10.6. The lowest BCUT2D eigenvalue weighted by molar-refractivity contribution is 0.147. The highest BCUT2D eigenvalue weighted by atomic mass is 35.5. The van der Waals surface area contributed by atoms with Crippen LogP contribution >= 0.6 is 11.6 Å². The molecule has 0 radical (unpaired) electrons. The van der Waals surface area contributed by atoms with Gasteiger partial charge in [-0.2, -0.15) is 0 Å². The number of ether oxygens (including phenoxy) is 1. The molecule has 128 valence electrons. The molecule has 5 heteroatoms. The molecule has 1 heterocycles. The number of rotatable bonds is 5. The van der Waals surface area contributed by atoms with Gasteiger partial charge in [0.2, 0.25) is 0 Å². The van der Waals surface area contributed by atoms with Crippen LogP contribution in [0, 0.1) is 6.92 Å². The van der Waals surface area contributed by atoms with Crippen LogP contribution in [0.1, 0.15) is 22.4 Å². The first-order chi connectivity index (χ1) is 12.0. The standard InChI is InChI=1S/C20H18ClNO3/c1-14-10-18(22(24)20(23)11-14)13-25-19-8-4-16(5-9-19)12-15-2-6-17(21)7-3-15/h2-11,24H,12-13H2,1H3. The van der Waals surface area contributed by atoms with Gasteiger partial charge in [-0.25, -0.2) is 0 Å². The van der Waals surface area contributed by atoms with E-state index in [4.69, 9.17) is 16.3 Å². The van der Waals surface area contributed by atoms with Gasteiger partial charge in [0, 0.05) is 11.1 Å². The molecule has 4 nitrogen and oxygen atoms in total. The number of hydrogen-bond acceptors (Lipinski definition) is 3. The number of halogens is 1. The third-order valence-electron chi connectivity index (χ3n) is 3.86. The smallest absolute Gasteiger partial charge is 0.283 e. The fourth-order valence-electron chi connectivity index (χ4n) is 2.56. The average Bonchev–Trinajstić information content (AvgIpc) is 2.60. The maximum Gasteiger partial charge on any atom is 0.283 e. The first kappa shape index (κ1) is 17.1. The molecule has 0 atom stereocenters. The summed E-state index contributed by atoms with van der Waals surface area (Å²) < 4.78 is 6.28. The third kappa shape index (κ3) is 4.43. The van der Waals surface area contributed by atoms with Crippen molar-refractivity contribution in [2.24, 2.45) is 0 Å². The minimum atomic E-state index is -0.461. The fraction of sp³-hybridized carbons (Fsp3) is 0.150. The highest BCUT2D eigenvalue weighted by molar-refractivity contribution is 6.30. The Hall–Kier alpha value is -2.72. The van der Waals surface area contributed by atoms with Crippen molar-refractivity contribution < 1.29 is 9.94 Å². The van der Waals surface area contributed by atoms with Gasteiger partial charge in [-0.15, -0.1) is 4.73 Å². The molecule has 0 saturated heterocycles. The lowest BCUT2D eigenvalue weighted by Crippen LogP contribution is -2.21. The molecular weight excluding hydrogens is 338 g/mol. The van der Waals surface area contributed by atoms with Crippen molar-refractivity contribution in [1.82, 2.24) is 4.73 Å². The lowest BCUT2D eigenvalue weighted by atomic mass is 10.1. The summed E-state index contributed by atoms with van der Waals surface area (Å²) in [7, 11) is 0. The van der Waals surface area contributed by atoms with E-state index in [1.165, 1.54) is 11.6 Å². The Morgan fingerprint density at radius 2 is 1.60 bits per heavy atom. The molecule has 0 amide bonds. The number of aromatic nitrogens is 1. The summed E-state index contributed by atoms with van der Waals surface area (Å²) >= 11 is 5.90. The van der Waals surface area contributed by atoms with E-state index in [1.807, 2.05) is 48.5 Å². The number of pyridine rings is 1. The van der Waals surface area contributed by atoms with Crippen molar-refractivity contribution >= 4 is 11.6 Å². The van der Waals surface area contributed by atoms with Crippen molar-refractivity contribution in [1.29, 1.82) is 0 Å². The Morgan fingerprint density at radius 1 is 1.00 bits per heavy atom. The van der Waals surface area contributed by atoms with Crippen LogP contribution < -0.4 is 10.3 Å². The van der Waals surface area contributed by atoms with Crippen LogP contribution in [0.25, 0.3) is 0 Å². The zero-order valence-corrected chi connectivity index (χ0v) is 14.5. The van der Waals surface area contributed by atoms with Crippen LogP contribution in [-0.4, -0.2) is 9.94 Å². The zero-order valence-electron chi connectivity index (χ0n) is 13.8. The van der Waals surface area contributed by atoms with Gasteiger partial charge in [0.1, 0.15) is 12.4 Å². The van der Waals surface area contributed by atoms with Crippen LogP contribution in [-0.2, 0) is 13.0 Å². The SMILES string of the molecule is Cc1cc(COc2ccc(Cc3ccc(Cl)cc3)cc2)n(O)c(=O)c1. The molecule has 0 fully saturated rings. The molecule has 1 N–H and O–H groups in total. The van der Waals surface area contributed by atoms with Crippen LogP contribution in [0.15, 0.2) is 65.5 Å². The molecule has 0 spiro atoms. The van der Waals surface area contributed by atoms with Crippen molar-refractivity contribution in [2.75, 3.05) is 0 Å². The topological polar surface area (TPSA) is 51.5 Å². The molecule has 2 aromatic carbocycles. The van der Waals surface area contributed by atoms with Gasteiger partial charge < -0.3 is 9.94 Å². The van der Waals surface area contributed by atoms with E-state index in [0.29, 0.717) is 16.2 Å². The van der Waals surface area contributed by atoms with Gasteiger partial charge in [0.15, 0.2) is 0 Å². The molecule has 1 aromatic heterocycles. The number of aryl methyl sites for hydroxylation is 1. The zero-order chi connectivity index (χ0) is 17.8. The predicted molar refractivity (Wildman–Crippen MR) is 97.7 cm³/mol. The number of benzene rings is 2. The fourth-order valence-corrected chi connectivity index (χ4v) is 2.69. The Labute approximate surface area is 150 Å². The molecule has 0 aliphatic heterocycles. The summed E-state index contributed by atoms with van der Waals surface area (Å²) in [6.45, 7) is 1.92. The Balaban J connectivity index is 1.65. The maximum absolute atomic E-state index is 11.6. The predicted octanol–water partition coefficient (Wildman–Crippen LogP) is 4.22. The molecular formula is C20H18ClNO3. The quantitative estimate of drug-likeness (QED) is 0.697. The second-order valence-electron chi connectivity index (χ2n) is 5.91. The average molecular weight is 356 g/mol. The van der Waals surface area contributed by atoms with E-state index in [1.54, 1.807) is 13.0 Å². The Bertz CT molecular complexity index is 915. The molecule has 3 rings (SSSR count). The Morgan fingerprint density at radius 3 is 2.24 bits per heavy atom. The maximum atomic E-state index is 11.6. The van der Waals surface area contributed by atoms with Gasteiger partial charge in [0.25, 0.3) is 5.56 Å². The molecule has 3 aromatic rings. The van der Waals surface area contributed by atoms with Crippen molar-refractivity contribution in [3.05, 3.63) is 98.4 Å². The summed E-state index contributed by atoms with van der Waals surface area (Å²) in [5.41, 5.74) is 3.07. The first-order valence-electron chi connectivity index (χ1n) is 7.89. The van der Waals surface area contributed by atoms with Crippen molar-refractivity contribution in [3.8, 4) is 5.75 Å². The summed E-state index contributed by atoms with van der Waals surface area (Å²) in [5, 5.41) is 10.5.